The third-order valence-corrected chi connectivity index (χ3v) is 4.96. The Labute approximate surface area is 110 Å². The van der Waals surface area contributed by atoms with Crippen LogP contribution in [0.1, 0.15) is 20.8 Å². The van der Waals surface area contributed by atoms with Crippen molar-refractivity contribution in [1.29, 1.82) is 0 Å². The van der Waals surface area contributed by atoms with Crippen LogP contribution in [0.3, 0.4) is 0 Å². The second kappa shape index (κ2) is 6.20. The van der Waals surface area contributed by atoms with E-state index in [1.165, 1.54) is 0 Å². The zero-order chi connectivity index (χ0) is 13.8. The van der Waals surface area contributed by atoms with Gasteiger partial charge in [-0.1, -0.05) is 13.8 Å². The van der Waals surface area contributed by atoms with E-state index in [0.717, 1.165) is 5.69 Å². The summed E-state index contributed by atoms with van der Waals surface area (Å²) < 4.78 is 23.3. The summed E-state index contributed by atoms with van der Waals surface area (Å²) >= 11 is 0. The summed E-state index contributed by atoms with van der Waals surface area (Å²) in [5, 5.41) is 3.31. The molecule has 1 aromatic rings. The van der Waals surface area contributed by atoms with Gasteiger partial charge in [-0.2, -0.15) is 0 Å². The van der Waals surface area contributed by atoms with E-state index in [1.807, 2.05) is 0 Å². The zero-order valence-electron chi connectivity index (χ0n) is 11.2. The predicted molar refractivity (Wildman–Crippen MR) is 75.5 cm³/mol. The lowest BCUT2D eigenvalue weighted by molar-refractivity contribution is 0.521. The fraction of sp³-hybridized carbons (Fsp3) is 0.538. The minimum Gasteiger partial charge on any atom is -0.382 e. The molecule has 0 aliphatic heterocycles. The average molecular weight is 270 g/mol. The van der Waals surface area contributed by atoms with Gasteiger partial charge in [-0.15, -0.1) is 0 Å². The summed E-state index contributed by atoms with van der Waals surface area (Å²) in [6.45, 7) is 6.41. The molecular formula is C13H22N2O2S. The quantitative estimate of drug-likeness (QED) is 0.828. The Kier molecular flexibility index (Phi) is 5.16. The van der Waals surface area contributed by atoms with E-state index >= 15 is 0 Å². The molecule has 0 saturated carbocycles. The highest BCUT2D eigenvalue weighted by atomic mass is 32.2. The summed E-state index contributed by atoms with van der Waals surface area (Å²) in [7, 11) is -3.11. The Balaban J connectivity index is 2.78. The van der Waals surface area contributed by atoms with Gasteiger partial charge in [0.05, 0.1) is 10.6 Å². The number of hydrogen-bond acceptors (Lipinski definition) is 4. The molecule has 18 heavy (non-hydrogen) atoms. The summed E-state index contributed by atoms with van der Waals surface area (Å²) in [6.07, 6.45) is 0. The number of nitrogens with one attached hydrogen (secondary N) is 1. The summed E-state index contributed by atoms with van der Waals surface area (Å²) in [5.41, 5.74) is 6.52. The van der Waals surface area contributed by atoms with Crippen LogP contribution in [0.25, 0.3) is 0 Å². The van der Waals surface area contributed by atoms with Gasteiger partial charge >= 0.3 is 0 Å². The maximum atomic E-state index is 11.7. The minimum absolute atomic E-state index is 0.125. The number of rotatable bonds is 6. The van der Waals surface area contributed by atoms with Gasteiger partial charge in [-0.05, 0) is 43.7 Å². The van der Waals surface area contributed by atoms with Crippen LogP contribution in [0, 0.1) is 5.92 Å². The first-order valence-electron chi connectivity index (χ1n) is 6.20. The van der Waals surface area contributed by atoms with Crippen molar-refractivity contribution < 1.29 is 8.42 Å². The second-order valence-electron chi connectivity index (χ2n) is 4.57. The topological polar surface area (TPSA) is 72.2 Å². The van der Waals surface area contributed by atoms with Gasteiger partial charge in [-0.25, -0.2) is 8.42 Å². The Morgan fingerprint density at radius 1 is 1.22 bits per heavy atom. The lowest BCUT2D eigenvalue weighted by atomic mass is 10.0. The van der Waals surface area contributed by atoms with Crippen LogP contribution < -0.4 is 11.1 Å². The Morgan fingerprint density at radius 3 is 2.22 bits per heavy atom. The number of anilines is 1. The van der Waals surface area contributed by atoms with E-state index < -0.39 is 9.84 Å². The van der Waals surface area contributed by atoms with Gasteiger partial charge in [0.25, 0.3) is 0 Å². The van der Waals surface area contributed by atoms with Crippen molar-refractivity contribution >= 4 is 15.5 Å². The second-order valence-corrected chi connectivity index (χ2v) is 6.85. The highest BCUT2D eigenvalue weighted by Crippen LogP contribution is 2.17. The molecule has 0 fully saturated rings. The summed E-state index contributed by atoms with van der Waals surface area (Å²) in [5.74, 6) is 0.490. The van der Waals surface area contributed by atoms with Gasteiger partial charge in [0.1, 0.15) is 0 Å². The maximum Gasteiger partial charge on any atom is 0.178 e. The van der Waals surface area contributed by atoms with Crippen LogP contribution in [0.2, 0.25) is 0 Å². The average Bonchev–Trinajstić information content (AvgIpc) is 2.38. The van der Waals surface area contributed by atoms with Crippen molar-refractivity contribution in [2.75, 3.05) is 17.6 Å². The standard InChI is InChI=1S/C13H22N2O2S/c1-4-18(16,17)13-7-5-12(6-8-13)15-11(3)10(2)9-14/h5-8,10-11,15H,4,9,14H2,1-3H3. The van der Waals surface area contributed by atoms with Crippen LogP contribution in [0.5, 0.6) is 0 Å². The monoisotopic (exact) mass is 270 g/mol. The van der Waals surface area contributed by atoms with Crippen molar-refractivity contribution in [2.24, 2.45) is 11.7 Å². The number of benzene rings is 1. The van der Waals surface area contributed by atoms with Crippen LogP contribution in [-0.2, 0) is 9.84 Å². The number of nitrogens with two attached hydrogens (primary N) is 1. The molecule has 0 amide bonds. The molecule has 3 N–H and O–H groups in total. The Morgan fingerprint density at radius 2 is 1.78 bits per heavy atom. The molecule has 2 unspecified atom stereocenters. The summed E-state index contributed by atoms with van der Waals surface area (Å²) in [6, 6.07) is 7.12. The fourth-order valence-electron chi connectivity index (χ4n) is 1.53. The highest BCUT2D eigenvalue weighted by molar-refractivity contribution is 7.91. The lowest BCUT2D eigenvalue weighted by Crippen LogP contribution is -2.29. The molecule has 0 saturated heterocycles. The molecule has 4 nitrogen and oxygen atoms in total. The Bertz CT molecular complexity index is 468. The molecule has 1 aromatic carbocycles. The normalized spacial score (nSPS) is 15.1. The predicted octanol–water partition coefficient (Wildman–Crippen LogP) is 1.88. The molecule has 0 bridgehead atoms. The first kappa shape index (κ1) is 15.0. The molecule has 0 radical (unpaired) electrons. The van der Waals surface area contributed by atoms with Crippen molar-refractivity contribution in [3.8, 4) is 0 Å². The molecule has 0 heterocycles. The molecule has 102 valence electrons. The smallest absolute Gasteiger partial charge is 0.178 e. The van der Waals surface area contributed by atoms with Gasteiger partial charge in [0.2, 0.25) is 0 Å². The molecule has 2 atom stereocenters. The van der Waals surface area contributed by atoms with Gasteiger partial charge in [-0.3, -0.25) is 0 Å². The molecule has 0 aromatic heterocycles. The van der Waals surface area contributed by atoms with E-state index in [9.17, 15) is 8.42 Å². The van der Waals surface area contributed by atoms with Crippen molar-refractivity contribution in [2.45, 2.75) is 31.7 Å². The van der Waals surface area contributed by atoms with E-state index in [2.05, 4.69) is 19.2 Å². The molecule has 5 heteroatoms. The van der Waals surface area contributed by atoms with E-state index in [0.29, 0.717) is 17.4 Å². The minimum atomic E-state index is -3.11. The van der Waals surface area contributed by atoms with Gasteiger partial charge in [0.15, 0.2) is 9.84 Å². The number of hydrogen-bond donors (Lipinski definition) is 2. The van der Waals surface area contributed by atoms with E-state index in [1.54, 1.807) is 31.2 Å². The molecule has 0 aliphatic carbocycles. The SMILES string of the molecule is CCS(=O)(=O)c1ccc(NC(C)C(C)CN)cc1. The molecular weight excluding hydrogens is 248 g/mol. The third kappa shape index (κ3) is 3.71. The van der Waals surface area contributed by atoms with Crippen molar-refractivity contribution in [1.82, 2.24) is 0 Å². The van der Waals surface area contributed by atoms with Crippen LogP contribution in [-0.4, -0.2) is 26.8 Å². The highest BCUT2D eigenvalue weighted by Gasteiger charge is 2.12. The largest absolute Gasteiger partial charge is 0.382 e. The Hall–Kier alpha value is -1.07. The van der Waals surface area contributed by atoms with Crippen LogP contribution in [0.4, 0.5) is 5.69 Å². The van der Waals surface area contributed by atoms with Crippen molar-refractivity contribution in [3.63, 3.8) is 0 Å². The molecule has 1 rings (SSSR count). The van der Waals surface area contributed by atoms with Crippen molar-refractivity contribution in [3.05, 3.63) is 24.3 Å². The lowest BCUT2D eigenvalue weighted by Gasteiger charge is -2.21. The van der Waals surface area contributed by atoms with E-state index in [-0.39, 0.29) is 11.8 Å². The van der Waals surface area contributed by atoms with Gasteiger partial charge in [0, 0.05) is 11.7 Å². The van der Waals surface area contributed by atoms with E-state index in [4.69, 9.17) is 5.73 Å². The van der Waals surface area contributed by atoms with Crippen LogP contribution >= 0.6 is 0 Å². The zero-order valence-corrected chi connectivity index (χ0v) is 12.0. The maximum absolute atomic E-state index is 11.7. The van der Waals surface area contributed by atoms with Gasteiger partial charge < -0.3 is 11.1 Å². The first-order chi connectivity index (χ1) is 8.40. The summed E-state index contributed by atoms with van der Waals surface area (Å²) in [4.78, 5) is 0.370. The number of sulfone groups is 1. The third-order valence-electron chi connectivity index (χ3n) is 3.21. The fourth-order valence-corrected chi connectivity index (χ4v) is 2.42. The van der Waals surface area contributed by atoms with Crippen LogP contribution in [0.15, 0.2) is 29.2 Å². The molecule has 0 aliphatic rings. The first-order valence-corrected chi connectivity index (χ1v) is 7.85. The molecule has 0 spiro atoms.